The third kappa shape index (κ3) is 8.05. The van der Waals surface area contributed by atoms with Gasteiger partial charge in [-0.05, 0) is 70.7 Å². The van der Waals surface area contributed by atoms with E-state index in [0.29, 0.717) is 12.7 Å². The van der Waals surface area contributed by atoms with Gasteiger partial charge < -0.3 is 24.7 Å². The molecule has 0 bridgehead atoms. The average Bonchev–Trinajstić information content (AvgIpc) is 3.40. The molecule has 10 heteroatoms. The van der Waals surface area contributed by atoms with Gasteiger partial charge in [0.2, 0.25) is 5.95 Å². The Hall–Kier alpha value is -2.43. The van der Waals surface area contributed by atoms with Gasteiger partial charge in [-0.1, -0.05) is 41.6 Å². The first-order valence-corrected chi connectivity index (χ1v) is 18.3. The lowest BCUT2D eigenvalue weighted by Crippen LogP contribution is -2.45. The maximum absolute atomic E-state index is 12.4. The van der Waals surface area contributed by atoms with Crippen molar-refractivity contribution in [3.8, 4) is 11.3 Å². The van der Waals surface area contributed by atoms with Gasteiger partial charge in [-0.15, -0.1) is 0 Å². The molecule has 0 aliphatic heterocycles. The number of carbonyl (C=O) groups is 1. The molecule has 1 fully saturated rings. The monoisotopic (exact) mass is 615 g/mol. The molecule has 1 aromatic carbocycles. The molecule has 1 amide bonds. The first-order chi connectivity index (χ1) is 18.3. The zero-order valence-electron chi connectivity index (χ0n) is 24.2. The van der Waals surface area contributed by atoms with E-state index in [2.05, 4.69) is 80.2 Å². The van der Waals surface area contributed by atoms with Crippen LogP contribution < -0.4 is 10.6 Å². The molecular formula is C29H42BrN5O3Si. The first kappa shape index (κ1) is 29.5. The molecule has 1 aliphatic rings. The summed E-state index contributed by atoms with van der Waals surface area (Å²) in [6.07, 6.45) is 6.43. The number of benzene rings is 1. The van der Waals surface area contributed by atoms with E-state index in [1.807, 2.05) is 33.9 Å². The molecule has 2 N–H and O–H groups in total. The zero-order valence-corrected chi connectivity index (χ0v) is 26.8. The molecule has 0 radical (unpaired) electrons. The summed E-state index contributed by atoms with van der Waals surface area (Å²) in [6.45, 7) is 16.0. The van der Waals surface area contributed by atoms with Crippen molar-refractivity contribution in [2.24, 2.45) is 0 Å². The summed E-state index contributed by atoms with van der Waals surface area (Å²) in [4.78, 5) is 21.9. The maximum atomic E-state index is 12.4. The first-order valence-electron chi connectivity index (χ1n) is 13.8. The fourth-order valence-corrected chi connectivity index (χ4v) is 5.92. The molecule has 1 saturated carbocycles. The lowest BCUT2D eigenvalue weighted by atomic mass is 10.1. The number of aryl methyl sites for hydroxylation is 1. The van der Waals surface area contributed by atoms with Crippen LogP contribution in [-0.4, -0.2) is 53.0 Å². The Morgan fingerprint density at radius 1 is 1.21 bits per heavy atom. The number of hydrogen-bond donors (Lipinski definition) is 2. The number of alkyl carbamates (subject to hydrolysis) is 1. The summed E-state index contributed by atoms with van der Waals surface area (Å²) >= 11 is 3.63. The van der Waals surface area contributed by atoms with Gasteiger partial charge in [0, 0.05) is 48.5 Å². The molecule has 3 aromatic rings. The van der Waals surface area contributed by atoms with Gasteiger partial charge in [0.05, 0.1) is 17.3 Å². The Bertz CT molecular complexity index is 1310. The van der Waals surface area contributed by atoms with Gasteiger partial charge in [-0.25, -0.2) is 14.8 Å². The highest BCUT2D eigenvalue weighted by Gasteiger charge is 2.31. The standard InChI is InChI=1S/C29H42BrN5O3Si/c1-19-16-31-27(32-23-9-8-10-24(23)33-28(36)38-29(2,3)4)34-26(19)22-17-35(18-37-13-14-39(5,6)7)25-15-20(30)11-12-21(22)25/h11-12,15-17,23-24H,8-10,13-14,18H2,1-7H3,(H,33,36)(H,31,32,34)/t23-,24-/m0/s1. The van der Waals surface area contributed by atoms with Crippen LogP contribution in [0.5, 0.6) is 0 Å². The predicted octanol–water partition coefficient (Wildman–Crippen LogP) is 7.34. The highest BCUT2D eigenvalue weighted by atomic mass is 79.9. The van der Waals surface area contributed by atoms with E-state index in [1.165, 1.54) is 0 Å². The number of anilines is 1. The fourth-order valence-electron chi connectivity index (χ4n) is 4.82. The van der Waals surface area contributed by atoms with Crippen LogP contribution in [0.4, 0.5) is 10.7 Å². The van der Waals surface area contributed by atoms with E-state index in [-0.39, 0.29) is 12.1 Å². The average molecular weight is 617 g/mol. The summed E-state index contributed by atoms with van der Waals surface area (Å²) in [6, 6.07) is 7.43. The van der Waals surface area contributed by atoms with E-state index in [0.717, 1.165) is 64.1 Å². The molecule has 2 aromatic heterocycles. The van der Waals surface area contributed by atoms with Crippen LogP contribution in [0.3, 0.4) is 0 Å². The smallest absolute Gasteiger partial charge is 0.407 e. The lowest BCUT2D eigenvalue weighted by molar-refractivity contribution is 0.0503. The van der Waals surface area contributed by atoms with Crippen LogP contribution in [0.15, 0.2) is 35.1 Å². The van der Waals surface area contributed by atoms with Gasteiger partial charge in [0.15, 0.2) is 0 Å². The Morgan fingerprint density at radius 3 is 2.67 bits per heavy atom. The van der Waals surface area contributed by atoms with Crippen molar-refractivity contribution in [1.29, 1.82) is 0 Å². The summed E-state index contributed by atoms with van der Waals surface area (Å²) in [5, 5.41) is 7.64. The van der Waals surface area contributed by atoms with Crippen molar-refractivity contribution in [1.82, 2.24) is 19.9 Å². The number of carbonyl (C=O) groups excluding carboxylic acids is 1. The zero-order chi connectivity index (χ0) is 28.4. The third-order valence-electron chi connectivity index (χ3n) is 6.83. The van der Waals surface area contributed by atoms with Crippen molar-refractivity contribution >= 4 is 46.9 Å². The van der Waals surface area contributed by atoms with Gasteiger partial charge in [0.25, 0.3) is 0 Å². The Kier molecular flexibility index (Phi) is 9.07. The molecule has 2 heterocycles. The SMILES string of the molecule is Cc1cnc(N[C@H]2CCC[C@@H]2NC(=O)OC(C)(C)C)nc1-c1cn(COCC[Si](C)(C)C)c2cc(Br)ccc12. The number of hydrogen-bond acceptors (Lipinski definition) is 6. The largest absolute Gasteiger partial charge is 0.444 e. The summed E-state index contributed by atoms with van der Waals surface area (Å²) in [5.41, 5.74) is 3.49. The molecule has 39 heavy (non-hydrogen) atoms. The van der Waals surface area contributed by atoms with Crippen molar-refractivity contribution in [3.05, 3.63) is 40.6 Å². The third-order valence-corrected chi connectivity index (χ3v) is 9.03. The van der Waals surface area contributed by atoms with Crippen molar-refractivity contribution in [2.75, 3.05) is 11.9 Å². The van der Waals surface area contributed by atoms with Crippen LogP contribution in [0.1, 0.15) is 45.6 Å². The minimum Gasteiger partial charge on any atom is -0.444 e. The number of nitrogens with one attached hydrogen (secondary N) is 2. The Labute approximate surface area is 241 Å². The van der Waals surface area contributed by atoms with E-state index in [1.54, 1.807) is 0 Å². The van der Waals surface area contributed by atoms with Gasteiger partial charge in [-0.3, -0.25) is 0 Å². The van der Waals surface area contributed by atoms with Crippen LogP contribution in [0.2, 0.25) is 25.7 Å². The number of ether oxygens (including phenoxy) is 2. The van der Waals surface area contributed by atoms with Crippen LogP contribution in [-0.2, 0) is 16.2 Å². The van der Waals surface area contributed by atoms with E-state index in [9.17, 15) is 4.79 Å². The quantitative estimate of drug-likeness (QED) is 0.193. The van der Waals surface area contributed by atoms with Crippen molar-refractivity contribution < 1.29 is 14.3 Å². The summed E-state index contributed by atoms with van der Waals surface area (Å²) in [5.74, 6) is 0.558. The Morgan fingerprint density at radius 2 is 1.95 bits per heavy atom. The second kappa shape index (κ2) is 12.0. The van der Waals surface area contributed by atoms with Crippen LogP contribution in [0.25, 0.3) is 22.2 Å². The number of halogens is 1. The van der Waals surface area contributed by atoms with Gasteiger partial charge >= 0.3 is 6.09 Å². The fraction of sp³-hybridized carbons (Fsp3) is 0.552. The van der Waals surface area contributed by atoms with Crippen LogP contribution in [0, 0.1) is 6.92 Å². The van der Waals surface area contributed by atoms with Crippen LogP contribution >= 0.6 is 15.9 Å². The van der Waals surface area contributed by atoms with Gasteiger partial charge in [0.1, 0.15) is 12.3 Å². The summed E-state index contributed by atoms with van der Waals surface area (Å²) < 4.78 is 14.8. The molecular weight excluding hydrogens is 574 g/mol. The second-order valence-corrected chi connectivity index (χ2v) is 19.2. The minimum atomic E-state index is -1.16. The number of amides is 1. The number of aromatic nitrogens is 3. The molecule has 0 unspecified atom stereocenters. The van der Waals surface area contributed by atoms with E-state index in [4.69, 9.17) is 14.5 Å². The van der Waals surface area contributed by atoms with Crippen molar-refractivity contribution in [2.45, 2.75) is 97.1 Å². The number of rotatable bonds is 9. The van der Waals surface area contributed by atoms with Crippen molar-refractivity contribution in [3.63, 3.8) is 0 Å². The molecule has 0 spiro atoms. The molecule has 212 valence electrons. The summed E-state index contributed by atoms with van der Waals surface area (Å²) in [7, 11) is -1.16. The highest BCUT2D eigenvalue weighted by Crippen LogP contribution is 2.34. The lowest BCUT2D eigenvalue weighted by Gasteiger charge is -2.25. The number of nitrogens with zero attached hydrogens (tertiary/aromatic N) is 3. The predicted molar refractivity (Wildman–Crippen MR) is 164 cm³/mol. The normalized spacial score (nSPS) is 17.9. The maximum Gasteiger partial charge on any atom is 0.407 e. The van der Waals surface area contributed by atoms with Gasteiger partial charge in [-0.2, -0.15) is 0 Å². The molecule has 0 saturated heterocycles. The number of fused-ring (bicyclic) bond motifs is 1. The molecule has 4 rings (SSSR count). The molecule has 8 nitrogen and oxygen atoms in total. The van der Waals surface area contributed by atoms with E-state index < -0.39 is 19.8 Å². The highest BCUT2D eigenvalue weighted by molar-refractivity contribution is 9.10. The molecule has 1 aliphatic carbocycles. The minimum absolute atomic E-state index is 0.0325. The molecule has 2 atom stereocenters. The Balaban J connectivity index is 1.55. The second-order valence-electron chi connectivity index (χ2n) is 12.7. The topological polar surface area (TPSA) is 90.3 Å². The van der Waals surface area contributed by atoms with E-state index >= 15 is 0 Å².